The summed E-state index contributed by atoms with van der Waals surface area (Å²) in [6, 6.07) is 8.79. The Bertz CT molecular complexity index is 502. The lowest BCUT2D eigenvalue weighted by molar-refractivity contribution is 0.305. The van der Waals surface area contributed by atoms with Gasteiger partial charge in [0, 0.05) is 12.6 Å². The van der Waals surface area contributed by atoms with Gasteiger partial charge in [-0.05, 0) is 32.0 Å². The molecule has 0 fully saturated rings. The van der Waals surface area contributed by atoms with Gasteiger partial charge in [-0.25, -0.2) is 0 Å². The molecule has 0 aliphatic heterocycles. The maximum atomic E-state index is 5.72. The van der Waals surface area contributed by atoms with E-state index in [0.29, 0.717) is 12.6 Å². The minimum atomic E-state index is 0.359. The van der Waals surface area contributed by atoms with Crippen LogP contribution in [0.1, 0.15) is 31.0 Å². The van der Waals surface area contributed by atoms with Gasteiger partial charge in [-0.2, -0.15) is 5.10 Å². The first-order chi connectivity index (χ1) is 9.19. The molecule has 4 nitrogen and oxygen atoms in total. The molecule has 0 amide bonds. The zero-order chi connectivity index (χ0) is 13.7. The largest absolute Gasteiger partial charge is 0.486 e. The first-order valence-electron chi connectivity index (χ1n) is 6.58. The fourth-order valence-corrected chi connectivity index (χ4v) is 1.80. The summed E-state index contributed by atoms with van der Waals surface area (Å²) in [6.45, 7) is 5.65. The van der Waals surface area contributed by atoms with Crippen LogP contribution in [0.25, 0.3) is 0 Å². The number of nitrogens with zero attached hydrogens (tertiary/aromatic N) is 2. The molecule has 1 N–H and O–H groups in total. The summed E-state index contributed by atoms with van der Waals surface area (Å²) in [6.07, 6.45) is 3.69. The second kappa shape index (κ2) is 6.38. The molecule has 1 heterocycles. The molecule has 19 heavy (non-hydrogen) atoms. The SMILES string of the molecule is CNCc1ccc(COc2cnn(C(C)C)c2)cc1. The number of ether oxygens (including phenoxy) is 1. The molecular formula is C15H21N3O. The Morgan fingerprint density at radius 1 is 1.21 bits per heavy atom. The molecule has 2 rings (SSSR count). The Balaban J connectivity index is 1.90. The molecule has 0 atom stereocenters. The van der Waals surface area contributed by atoms with Crippen LogP contribution in [0.15, 0.2) is 36.7 Å². The predicted molar refractivity (Wildman–Crippen MR) is 76.1 cm³/mol. The molecule has 0 unspecified atom stereocenters. The highest BCUT2D eigenvalue weighted by molar-refractivity contribution is 5.23. The lowest BCUT2D eigenvalue weighted by atomic mass is 10.1. The van der Waals surface area contributed by atoms with Crippen molar-refractivity contribution in [2.24, 2.45) is 0 Å². The van der Waals surface area contributed by atoms with Crippen molar-refractivity contribution >= 4 is 0 Å². The van der Waals surface area contributed by atoms with Gasteiger partial charge in [0.1, 0.15) is 6.61 Å². The lowest BCUT2D eigenvalue weighted by Crippen LogP contribution is -2.05. The van der Waals surface area contributed by atoms with Crippen molar-refractivity contribution in [1.29, 1.82) is 0 Å². The minimum Gasteiger partial charge on any atom is -0.486 e. The van der Waals surface area contributed by atoms with Gasteiger partial charge in [0.15, 0.2) is 5.75 Å². The van der Waals surface area contributed by atoms with E-state index in [1.807, 2.05) is 17.9 Å². The zero-order valence-electron chi connectivity index (χ0n) is 11.8. The Labute approximate surface area is 114 Å². The second-order valence-electron chi connectivity index (χ2n) is 4.89. The van der Waals surface area contributed by atoms with Crippen LogP contribution in [0.4, 0.5) is 0 Å². The number of rotatable bonds is 6. The van der Waals surface area contributed by atoms with Gasteiger partial charge in [0.25, 0.3) is 0 Å². The van der Waals surface area contributed by atoms with Gasteiger partial charge < -0.3 is 10.1 Å². The van der Waals surface area contributed by atoms with E-state index in [1.54, 1.807) is 6.20 Å². The molecule has 0 saturated carbocycles. The highest BCUT2D eigenvalue weighted by Crippen LogP contribution is 2.14. The third-order valence-electron chi connectivity index (χ3n) is 2.92. The molecule has 0 aliphatic rings. The van der Waals surface area contributed by atoms with Crippen molar-refractivity contribution in [1.82, 2.24) is 15.1 Å². The van der Waals surface area contributed by atoms with E-state index < -0.39 is 0 Å². The number of hydrogen-bond donors (Lipinski definition) is 1. The first-order valence-corrected chi connectivity index (χ1v) is 6.58. The monoisotopic (exact) mass is 259 g/mol. The standard InChI is InChI=1S/C15H21N3O/c1-12(2)18-10-15(9-17-18)19-11-14-6-4-13(5-7-14)8-16-3/h4-7,9-10,12,16H,8,11H2,1-3H3. The number of benzene rings is 1. The molecule has 0 bridgehead atoms. The number of nitrogens with one attached hydrogen (secondary N) is 1. The van der Waals surface area contributed by atoms with E-state index in [-0.39, 0.29) is 0 Å². The predicted octanol–water partition coefficient (Wildman–Crippen LogP) is 2.76. The number of hydrogen-bond acceptors (Lipinski definition) is 3. The van der Waals surface area contributed by atoms with Gasteiger partial charge in [-0.15, -0.1) is 0 Å². The Morgan fingerprint density at radius 3 is 2.47 bits per heavy atom. The van der Waals surface area contributed by atoms with Crippen LogP contribution in [0, 0.1) is 0 Å². The molecule has 102 valence electrons. The van der Waals surface area contributed by atoms with E-state index in [0.717, 1.165) is 17.9 Å². The lowest BCUT2D eigenvalue weighted by Gasteiger charge is -2.06. The molecule has 1 aromatic carbocycles. The average molecular weight is 259 g/mol. The summed E-state index contributed by atoms with van der Waals surface area (Å²) in [5, 5.41) is 7.38. The van der Waals surface area contributed by atoms with Gasteiger partial charge in [0.05, 0.1) is 12.4 Å². The van der Waals surface area contributed by atoms with Crippen molar-refractivity contribution in [3.8, 4) is 5.75 Å². The van der Waals surface area contributed by atoms with Crippen molar-refractivity contribution < 1.29 is 4.74 Å². The summed E-state index contributed by atoms with van der Waals surface area (Å²) in [7, 11) is 1.95. The second-order valence-corrected chi connectivity index (χ2v) is 4.89. The van der Waals surface area contributed by atoms with Gasteiger partial charge >= 0.3 is 0 Å². The van der Waals surface area contributed by atoms with Crippen LogP contribution in [0.3, 0.4) is 0 Å². The van der Waals surface area contributed by atoms with E-state index in [2.05, 4.69) is 48.5 Å². The van der Waals surface area contributed by atoms with E-state index in [1.165, 1.54) is 5.56 Å². The van der Waals surface area contributed by atoms with Crippen molar-refractivity contribution in [3.63, 3.8) is 0 Å². The molecular weight excluding hydrogens is 238 g/mol. The van der Waals surface area contributed by atoms with Gasteiger partial charge in [0.2, 0.25) is 0 Å². The van der Waals surface area contributed by atoms with E-state index in [4.69, 9.17) is 4.74 Å². The van der Waals surface area contributed by atoms with Crippen LogP contribution in [-0.4, -0.2) is 16.8 Å². The van der Waals surface area contributed by atoms with Crippen LogP contribution in [0.2, 0.25) is 0 Å². The first kappa shape index (κ1) is 13.6. The minimum absolute atomic E-state index is 0.359. The van der Waals surface area contributed by atoms with E-state index in [9.17, 15) is 0 Å². The quantitative estimate of drug-likeness (QED) is 0.867. The third kappa shape index (κ3) is 3.83. The molecule has 4 heteroatoms. The highest BCUT2D eigenvalue weighted by Gasteiger charge is 2.02. The third-order valence-corrected chi connectivity index (χ3v) is 2.92. The normalized spacial score (nSPS) is 10.9. The summed E-state index contributed by atoms with van der Waals surface area (Å²) in [5.41, 5.74) is 2.44. The summed E-state index contributed by atoms with van der Waals surface area (Å²) >= 11 is 0. The molecule has 2 aromatic rings. The fraction of sp³-hybridized carbons (Fsp3) is 0.400. The Kier molecular flexibility index (Phi) is 4.58. The summed E-state index contributed by atoms with van der Waals surface area (Å²) in [4.78, 5) is 0. The molecule has 0 radical (unpaired) electrons. The number of aromatic nitrogens is 2. The van der Waals surface area contributed by atoms with Crippen LogP contribution in [0.5, 0.6) is 5.75 Å². The van der Waals surface area contributed by atoms with Crippen LogP contribution in [-0.2, 0) is 13.2 Å². The molecule has 0 saturated heterocycles. The maximum Gasteiger partial charge on any atom is 0.157 e. The molecule has 0 spiro atoms. The zero-order valence-corrected chi connectivity index (χ0v) is 11.8. The Hall–Kier alpha value is -1.81. The summed E-state index contributed by atoms with van der Waals surface area (Å²) in [5.74, 6) is 0.813. The van der Waals surface area contributed by atoms with Crippen molar-refractivity contribution in [2.45, 2.75) is 33.0 Å². The topological polar surface area (TPSA) is 39.1 Å². The average Bonchev–Trinajstić information content (AvgIpc) is 2.87. The van der Waals surface area contributed by atoms with Crippen molar-refractivity contribution in [3.05, 3.63) is 47.8 Å². The highest BCUT2D eigenvalue weighted by atomic mass is 16.5. The molecule has 0 aliphatic carbocycles. The van der Waals surface area contributed by atoms with Crippen LogP contribution < -0.4 is 10.1 Å². The Morgan fingerprint density at radius 2 is 1.89 bits per heavy atom. The molecule has 1 aromatic heterocycles. The van der Waals surface area contributed by atoms with Gasteiger partial charge in [-0.3, -0.25) is 4.68 Å². The van der Waals surface area contributed by atoms with Gasteiger partial charge in [-0.1, -0.05) is 24.3 Å². The van der Waals surface area contributed by atoms with E-state index >= 15 is 0 Å². The smallest absolute Gasteiger partial charge is 0.157 e. The maximum absolute atomic E-state index is 5.72. The van der Waals surface area contributed by atoms with Crippen molar-refractivity contribution in [2.75, 3.05) is 7.05 Å². The van der Waals surface area contributed by atoms with Crippen LogP contribution >= 0.6 is 0 Å². The summed E-state index contributed by atoms with van der Waals surface area (Å²) < 4.78 is 7.62. The fourth-order valence-electron chi connectivity index (χ4n) is 1.80.